The van der Waals surface area contributed by atoms with Gasteiger partial charge in [0.25, 0.3) is 5.91 Å². The number of furan rings is 1. The fourth-order valence-electron chi connectivity index (χ4n) is 2.09. The van der Waals surface area contributed by atoms with Gasteiger partial charge in [0.1, 0.15) is 11.5 Å². The maximum atomic E-state index is 11.6. The molecule has 1 aliphatic heterocycles. The number of nitrogens with one attached hydrogen (secondary N) is 1. The lowest BCUT2D eigenvalue weighted by Crippen LogP contribution is -2.12. The lowest BCUT2D eigenvalue weighted by atomic mass is 10.1. The van der Waals surface area contributed by atoms with E-state index in [1.165, 1.54) is 12.1 Å². The SMILES string of the molecule is CC1=NNC(=O)/C1=C\c1ccc(-c2ccc(C(=O)O)cc2)o1. The fourth-order valence-corrected chi connectivity index (χ4v) is 2.09. The Morgan fingerprint density at radius 3 is 2.55 bits per heavy atom. The van der Waals surface area contributed by atoms with Crippen LogP contribution in [0.15, 0.2) is 51.5 Å². The van der Waals surface area contributed by atoms with Crippen molar-refractivity contribution in [2.24, 2.45) is 5.10 Å². The summed E-state index contributed by atoms with van der Waals surface area (Å²) in [5.74, 6) is -0.115. The van der Waals surface area contributed by atoms with Crippen LogP contribution in [-0.2, 0) is 4.79 Å². The molecule has 0 saturated heterocycles. The van der Waals surface area contributed by atoms with Gasteiger partial charge in [0, 0.05) is 5.56 Å². The van der Waals surface area contributed by atoms with Crippen LogP contribution >= 0.6 is 0 Å². The summed E-state index contributed by atoms with van der Waals surface area (Å²) in [5.41, 5.74) is 4.42. The van der Waals surface area contributed by atoms with Crippen molar-refractivity contribution >= 4 is 23.7 Å². The molecule has 0 aliphatic carbocycles. The monoisotopic (exact) mass is 296 g/mol. The molecule has 1 amide bonds. The highest BCUT2D eigenvalue weighted by Gasteiger charge is 2.19. The second-order valence-corrected chi connectivity index (χ2v) is 4.78. The van der Waals surface area contributed by atoms with Gasteiger partial charge in [-0.2, -0.15) is 5.10 Å². The third kappa shape index (κ3) is 2.54. The van der Waals surface area contributed by atoms with E-state index in [9.17, 15) is 9.59 Å². The van der Waals surface area contributed by atoms with E-state index in [2.05, 4.69) is 10.5 Å². The van der Waals surface area contributed by atoms with Gasteiger partial charge >= 0.3 is 5.97 Å². The summed E-state index contributed by atoms with van der Waals surface area (Å²) in [6.07, 6.45) is 1.62. The number of amides is 1. The number of benzene rings is 1. The Morgan fingerprint density at radius 2 is 1.95 bits per heavy atom. The molecule has 2 aromatic rings. The lowest BCUT2D eigenvalue weighted by molar-refractivity contribution is -0.116. The molecule has 110 valence electrons. The Kier molecular flexibility index (Phi) is 3.34. The molecule has 22 heavy (non-hydrogen) atoms. The summed E-state index contributed by atoms with van der Waals surface area (Å²) in [6.45, 7) is 1.73. The van der Waals surface area contributed by atoms with Crippen molar-refractivity contribution in [3.05, 3.63) is 53.3 Å². The number of rotatable bonds is 3. The molecule has 0 radical (unpaired) electrons. The van der Waals surface area contributed by atoms with Gasteiger partial charge in [-0.05, 0) is 37.3 Å². The Bertz CT molecular complexity index is 813. The maximum Gasteiger partial charge on any atom is 0.335 e. The first kappa shape index (κ1) is 13.8. The normalized spacial score (nSPS) is 15.8. The van der Waals surface area contributed by atoms with Crippen LogP contribution in [-0.4, -0.2) is 22.7 Å². The van der Waals surface area contributed by atoms with Gasteiger partial charge in [0.05, 0.1) is 16.8 Å². The minimum Gasteiger partial charge on any atom is -0.478 e. The zero-order chi connectivity index (χ0) is 15.7. The molecule has 6 heteroatoms. The summed E-state index contributed by atoms with van der Waals surface area (Å²) in [5, 5.41) is 12.7. The van der Waals surface area contributed by atoms with Crippen molar-refractivity contribution in [2.75, 3.05) is 0 Å². The average molecular weight is 296 g/mol. The molecule has 1 aliphatic rings. The van der Waals surface area contributed by atoms with Crippen LogP contribution in [0.3, 0.4) is 0 Å². The molecule has 0 atom stereocenters. The van der Waals surface area contributed by atoms with E-state index in [-0.39, 0.29) is 11.5 Å². The molecule has 1 aromatic carbocycles. The second kappa shape index (κ2) is 5.33. The summed E-state index contributed by atoms with van der Waals surface area (Å²) < 4.78 is 5.67. The first-order chi connectivity index (χ1) is 10.5. The summed E-state index contributed by atoms with van der Waals surface area (Å²) in [4.78, 5) is 22.4. The number of carboxylic acid groups (broad SMARTS) is 1. The standard InChI is InChI=1S/C16H12N2O4/c1-9-13(15(19)18-17-9)8-12-6-7-14(22-12)10-2-4-11(5-3-10)16(20)21/h2-8H,1H3,(H,18,19)(H,20,21)/b13-8-. The Balaban J connectivity index is 1.88. The van der Waals surface area contributed by atoms with Gasteiger partial charge in [0.15, 0.2) is 0 Å². The molecule has 0 spiro atoms. The van der Waals surface area contributed by atoms with E-state index < -0.39 is 5.97 Å². The molecular weight excluding hydrogens is 284 g/mol. The van der Waals surface area contributed by atoms with Crippen molar-refractivity contribution in [1.82, 2.24) is 5.43 Å². The first-order valence-corrected chi connectivity index (χ1v) is 6.55. The lowest BCUT2D eigenvalue weighted by Gasteiger charge is -1.98. The molecule has 0 saturated carbocycles. The van der Waals surface area contributed by atoms with Crippen LogP contribution in [0.5, 0.6) is 0 Å². The van der Waals surface area contributed by atoms with Crippen molar-refractivity contribution in [2.45, 2.75) is 6.92 Å². The van der Waals surface area contributed by atoms with Crippen molar-refractivity contribution in [3.8, 4) is 11.3 Å². The highest BCUT2D eigenvalue weighted by atomic mass is 16.4. The third-order valence-electron chi connectivity index (χ3n) is 3.29. The predicted molar refractivity (Wildman–Crippen MR) is 80.3 cm³/mol. The summed E-state index contributed by atoms with van der Waals surface area (Å²) >= 11 is 0. The number of hydrogen-bond acceptors (Lipinski definition) is 4. The largest absolute Gasteiger partial charge is 0.478 e. The van der Waals surface area contributed by atoms with E-state index in [0.717, 1.165) is 5.56 Å². The minimum atomic E-state index is -0.974. The van der Waals surface area contributed by atoms with Crippen molar-refractivity contribution in [1.29, 1.82) is 0 Å². The van der Waals surface area contributed by atoms with Crippen LogP contribution in [0.1, 0.15) is 23.0 Å². The molecule has 1 aromatic heterocycles. The van der Waals surface area contributed by atoms with Crippen LogP contribution < -0.4 is 5.43 Å². The van der Waals surface area contributed by atoms with Crippen LogP contribution in [0.2, 0.25) is 0 Å². The molecule has 2 heterocycles. The molecule has 0 bridgehead atoms. The van der Waals surface area contributed by atoms with E-state index >= 15 is 0 Å². The van der Waals surface area contributed by atoms with E-state index in [1.807, 2.05) is 0 Å². The molecule has 0 fully saturated rings. The van der Waals surface area contributed by atoms with Gasteiger partial charge in [-0.3, -0.25) is 4.79 Å². The zero-order valence-corrected chi connectivity index (χ0v) is 11.7. The first-order valence-electron chi connectivity index (χ1n) is 6.55. The van der Waals surface area contributed by atoms with E-state index in [1.54, 1.807) is 37.3 Å². The third-order valence-corrected chi connectivity index (χ3v) is 3.29. The summed E-state index contributed by atoms with van der Waals surface area (Å²) in [6, 6.07) is 9.88. The number of nitrogens with zero attached hydrogens (tertiary/aromatic N) is 1. The number of hydrogen-bond donors (Lipinski definition) is 2. The van der Waals surface area contributed by atoms with Gasteiger partial charge in [0.2, 0.25) is 0 Å². The Morgan fingerprint density at radius 1 is 1.23 bits per heavy atom. The number of carbonyl (C=O) groups is 2. The fraction of sp³-hybridized carbons (Fsp3) is 0.0625. The van der Waals surface area contributed by atoms with Gasteiger partial charge in [-0.15, -0.1) is 0 Å². The molecule has 0 unspecified atom stereocenters. The van der Waals surface area contributed by atoms with Crippen molar-refractivity contribution < 1.29 is 19.1 Å². The molecule has 6 nitrogen and oxygen atoms in total. The molecular formula is C16H12N2O4. The van der Waals surface area contributed by atoms with Gasteiger partial charge in [-0.1, -0.05) is 12.1 Å². The van der Waals surface area contributed by atoms with Crippen LogP contribution in [0.4, 0.5) is 0 Å². The average Bonchev–Trinajstić information content (AvgIpc) is 3.10. The predicted octanol–water partition coefficient (Wildman–Crippen LogP) is 2.53. The van der Waals surface area contributed by atoms with E-state index in [0.29, 0.717) is 22.8 Å². The second-order valence-electron chi connectivity index (χ2n) is 4.78. The highest BCUT2D eigenvalue weighted by Crippen LogP contribution is 2.24. The minimum absolute atomic E-state index is 0.215. The van der Waals surface area contributed by atoms with E-state index in [4.69, 9.17) is 9.52 Å². The number of hydrazone groups is 1. The summed E-state index contributed by atoms with van der Waals surface area (Å²) in [7, 11) is 0. The molecule has 2 N–H and O–H groups in total. The topological polar surface area (TPSA) is 91.9 Å². The van der Waals surface area contributed by atoms with Gasteiger partial charge in [-0.25, -0.2) is 10.2 Å². The quantitative estimate of drug-likeness (QED) is 0.851. The maximum absolute atomic E-state index is 11.6. The van der Waals surface area contributed by atoms with Gasteiger partial charge < -0.3 is 9.52 Å². The Hall–Kier alpha value is -3.15. The highest BCUT2D eigenvalue weighted by molar-refractivity contribution is 6.26. The zero-order valence-electron chi connectivity index (χ0n) is 11.7. The van der Waals surface area contributed by atoms with Crippen LogP contribution in [0.25, 0.3) is 17.4 Å². The number of carboxylic acids is 1. The van der Waals surface area contributed by atoms with Crippen LogP contribution in [0, 0.1) is 0 Å². The molecule has 3 rings (SSSR count). The number of aromatic carboxylic acids is 1. The van der Waals surface area contributed by atoms with Crippen molar-refractivity contribution in [3.63, 3.8) is 0 Å². The smallest absolute Gasteiger partial charge is 0.335 e. The number of carbonyl (C=O) groups excluding carboxylic acids is 1. The Labute approximate surface area is 125 Å².